The second kappa shape index (κ2) is 8.91. The molecule has 166 valence electrons. The number of carbonyl (C=O) groups excluding carboxylic acids is 1. The molecule has 1 aliphatic heterocycles. The zero-order valence-corrected chi connectivity index (χ0v) is 17.5. The Morgan fingerprint density at radius 2 is 1.97 bits per heavy atom. The third-order valence-corrected chi connectivity index (χ3v) is 5.18. The molecule has 2 aromatic heterocycles. The summed E-state index contributed by atoms with van der Waals surface area (Å²) in [6.45, 7) is -2.75. The SMILES string of the molecule is COc1cc(Cl)ccc1-c1ccc(=O)n(C2CN(C(=O)c3ncccc3OC(F)F)C2)n1. The first-order valence-electron chi connectivity index (χ1n) is 9.50. The zero-order valence-electron chi connectivity index (χ0n) is 16.7. The number of rotatable bonds is 6. The number of methoxy groups -OCH3 is 1. The summed E-state index contributed by atoms with van der Waals surface area (Å²) in [5, 5.41) is 4.93. The lowest BCUT2D eigenvalue weighted by atomic mass is 10.1. The maximum absolute atomic E-state index is 12.7. The van der Waals surface area contributed by atoms with Crippen molar-refractivity contribution in [1.82, 2.24) is 19.7 Å². The van der Waals surface area contributed by atoms with Gasteiger partial charge in [0, 0.05) is 35.9 Å². The molecule has 1 amide bonds. The molecule has 0 aliphatic carbocycles. The number of alkyl halides is 2. The van der Waals surface area contributed by atoms with Gasteiger partial charge in [-0.05, 0) is 36.4 Å². The van der Waals surface area contributed by atoms with Gasteiger partial charge >= 0.3 is 6.61 Å². The molecule has 1 fully saturated rings. The van der Waals surface area contributed by atoms with Gasteiger partial charge in [0.1, 0.15) is 5.75 Å². The maximum atomic E-state index is 12.7. The van der Waals surface area contributed by atoms with E-state index in [9.17, 15) is 18.4 Å². The largest absolute Gasteiger partial charge is 0.496 e. The molecule has 0 atom stereocenters. The molecule has 8 nitrogen and oxygen atoms in total. The molecule has 3 heterocycles. The van der Waals surface area contributed by atoms with Gasteiger partial charge in [-0.3, -0.25) is 9.59 Å². The van der Waals surface area contributed by atoms with Gasteiger partial charge in [0.2, 0.25) is 0 Å². The average Bonchev–Trinajstić information content (AvgIpc) is 2.74. The van der Waals surface area contributed by atoms with Crippen LogP contribution in [-0.2, 0) is 0 Å². The summed E-state index contributed by atoms with van der Waals surface area (Å²) in [5.41, 5.74) is 0.602. The van der Waals surface area contributed by atoms with Crippen molar-refractivity contribution in [1.29, 1.82) is 0 Å². The maximum Gasteiger partial charge on any atom is 0.387 e. The van der Waals surface area contributed by atoms with E-state index < -0.39 is 12.5 Å². The number of pyridine rings is 1. The van der Waals surface area contributed by atoms with Crippen molar-refractivity contribution in [3.05, 3.63) is 69.7 Å². The molecular formula is C21H17ClF2N4O4. The number of likely N-dealkylation sites (tertiary alicyclic amines) is 1. The Morgan fingerprint density at radius 1 is 1.19 bits per heavy atom. The predicted molar refractivity (Wildman–Crippen MR) is 111 cm³/mol. The summed E-state index contributed by atoms with van der Waals surface area (Å²) in [4.78, 5) is 30.3. The monoisotopic (exact) mass is 462 g/mol. The van der Waals surface area contributed by atoms with Gasteiger partial charge in [0.15, 0.2) is 11.4 Å². The molecule has 11 heteroatoms. The summed E-state index contributed by atoms with van der Waals surface area (Å²) in [6, 6.07) is 10.3. The van der Waals surface area contributed by atoms with E-state index in [4.69, 9.17) is 16.3 Å². The van der Waals surface area contributed by atoms with Gasteiger partial charge in [0.25, 0.3) is 11.5 Å². The molecule has 0 spiro atoms. The van der Waals surface area contributed by atoms with Gasteiger partial charge in [-0.1, -0.05) is 11.6 Å². The topological polar surface area (TPSA) is 86.6 Å². The van der Waals surface area contributed by atoms with Crippen LogP contribution >= 0.6 is 11.6 Å². The third kappa shape index (κ3) is 4.26. The number of benzene rings is 1. The first-order valence-corrected chi connectivity index (χ1v) is 9.88. The Morgan fingerprint density at radius 3 is 2.69 bits per heavy atom. The quantitative estimate of drug-likeness (QED) is 0.559. The molecule has 1 saturated heterocycles. The summed E-state index contributed by atoms with van der Waals surface area (Å²) in [6.07, 6.45) is 1.32. The second-order valence-electron chi connectivity index (χ2n) is 6.94. The van der Waals surface area contributed by atoms with Crippen LogP contribution in [-0.4, -0.2) is 52.4 Å². The van der Waals surface area contributed by atoms with Crippen LogP contribution in [0.4, 0.5) is 8.78 Å². The van der Waals surface area contributed by atoms with Crippen LogP contribution in [0.2, 0.25) is 5.02 Å². The van der Waals surface area contributed by atoms with Gasteiger partial charge in [-0.15, -0.1) is 0 Å². The van der Waals surface area contributed by atoms with Crippen molar-refractivity contribution in [3.8, 4) is 22.8 Å². The van der Waals surface area contributed by atoms with E-state index in [2.05, 4.69) is 14.8 Å². The van der Waals surface area contributed by atoms with E-state index in [1.54, 1.807) is 24.3 Å². The van der Waals surface area contributed by atoms with E-state index in [0.717, 1.165) is 0 Å². The summed E-state index contributed by atoms with van der Waals surface area (Å²) >= 11 is 6.01. The van der Waals surface area contributed by atoms with Crippen molar-refractivity contribution in [3.63, 3.8) is 0 Å². The highest BCUT2D eigenvalue weighted by atomic mass is 35.5. The number of ether oxygens (including phenoxy) is 2. The number of nitrogens with zero attached hydrogens (tertiary/aromatic N) is 4. The average molecular weight is 463 g/mol. The first-order chi connectivity index (χ1) is 15.4. The highest BCUT2D eigenvalue weighted by molar-refractivity contribution is 6.30. The fraction of sp³-hybridized carbons (Fsp3) is 0.238. The molecule has 0 unspecified atom stereocenters. The Balaban J connectivity index is 1.54. The van der Waals surface area contributed by atoms with Gasteiger partial charge < -0.3 is 14.4 Å². The Bertz CT molecular complexity index is 1210. The molecule has 1 aromatic carbocycles. The van der Waals surface area contributed by atoms with Crippen LogP contribution in [0.1, 0.15) is 16.5 Å². The first kappa shape index (κ1) is 21.7. The predicted octanol–water partition coefficient (Wildman–Crippen LogP) is 3.27. The van der Waals surface area contributed by atoms with Crippen molar-refractivity contribution in [2.24, 2.45) is 0 Å². The summed E-state index contributed by atoms with van der Waals surface area (Å²) < 4.78 is 36.2. The van der Waals surface area contributed by atoms with Crippen LogP contribution in [0.25, 0.3) is 11.3 Å². The lowest BCUT2D eigenvalue weighted by molar-refractivity contribution is -0.0506. The molecule has 0 saturated carbocycles. The molecule has 32 heavy (non-hydrogen) atoms. The minimum absolute atomic E-state index is 0.164. The van der Waals surface area contributed by atoms with Gasteiger partial charge in [-0.2, -0.15) is 13.9 Å². The van der Waals surface area contributed by atoms with Gasteiger partial charge in [-0.25, -0.2) is 9.67 Å². The molecule has 0 bridgehead atoms. The minimum atomic E-state index is -3.08. The standard InChI is InChI=1S/C21H17ClF2N4O4/c1-31-17-9-12(22)4-5-14(17)15-6-7-18(29)28(26-15)13-10-27(11-13)20(30)19-16(32-21(23)24)3-2-8-25-19/h2-9,13,21H,10-11H2,1H3. The highest BCUT2D eigenvalue weighted by Gasteiger charge is 2.36. The van der Waals surface area contributed by atoms with Gasteiger partial charge in [0.05, 0.1) is 18.8 Å². The molecule has 1 aliphatic rings. The highest BCUT2D eigenvalue weighted by Crippen LogP contribution is 2.31. The van der Waals surface area contributed by atoms with E-state index in [1.807, 2.05) is 0 Å². The number of halogens is 3. The lowest BCUT2D eigenvalue weighted by Gasteiger charge is -2.39. The molecule has 0 N–H and O–H groups in total. The molecule has 0 radical (unpaired) electrons. The second-order valence-corrected chi connectivity index (χ2v) is 7.38. The van der Waals surface area contributed by atoms with Crippen LogP contribution < -0.4 is 15.0 Å². The Hall–Kier alpha value is -3.53. The summed E-state index contributed by atoms with van der Waals surface area (Å²) in [7, 11) is 1.50. The van der Waals surface area contributed by atoms with E-state index in [-0.39, 0.29) is 36.1 Å². The van der Waals surface area contributed by atoms with E-state index in [1.165, 1.54) is 41.1 Å². The van der Waals surface area contributed by atoms with Crippen LogP contribution in [0.15, 0.2) is 53.5 Å². The summed E-state index contributed by atoms with van der Waals surface area (Å²) in [5.74, 6) is -0.369. The normalized spacial score (nSPS) is 13.7. The zero-order chi connectivity index (χ0) is 22.8. The number of aromatic nitrogens is 3. The third-order valence-electron chi connectivity index (χ3n) is 4.95. The minimum Gasteiger partial charge on any atom is -0.496 e. The lowest BCUT2D eigenvalue weighted by Crippen LogP contribution is -2.53. The Kier molecular flexibility index (Phi) is 6.04. The van der Waals surface area contributed by atoms with Crippen LogP contribution in [0, 0.1) is 0 Å². The van der Waals surface area contributed by atoms with Crippen molar-refractivity contribution >= 4 is 17.5 Å². The van der Waals surface area contributed by atoms with E-state index in [0.29, 0.717) is 22.0 Å². The van der Waals surface area contributed by atoms with Crippen LogP contribution in [0.3, 0.4) is 0 Å². The van der Waals surface area contributed by atoms with Crippen LogP contribution in [0.5, 0.6) is 11.5 Å². The fourth-order valence-corrected chi connectivity index (χ4v) is 3.54. The van der Waals surface area contributed by atoms with Crippen molar-refractivity contribution in [2.75, 3.05) is 20.2 Å². The van der Waals surface area contributed by atoms with Crippen molar-refractivity contribution < 1.29 is 23.0 Å². The molecule has 4 rings (SSSR count). The number of amides is 1. The number of hydrogen-bond donors (Lipinski definition) is 0. The Labute approximate surface area is 186 Å². The molecular weight excluding hydrogens is 446 g/mol. The smallest absolute Gasteiger partial charge is 0.387 e. The number of carbonyl (C=O) groups is 1. The van der Waals surface area contributed by atoms with Crippen molar-refractivity contribution in [2.45, 2.75) is 12.7 Å². The molecule has 3 aromatic rings. The number of hydrogen-bond acceptors (Lipinski definition) is 6. The fourth-order valence-electron chi connectivity index (χ4n) is 3.38. The van der Waals surface area contributed by atoms with E-state index >= 15 is 0 Å².